The van der Waals surface area contributed by atoms with E-state index in [9.17, 15) is 4.79 Å². The second kappa shape index (κ2) is 6.52. The molecule has 0 radical (unpaired) electrons. The van der Waals surface area contributed by atoms with Gasteiger partial charge in [-0.1, -0.05) is 34.1 Å². The predicted octanol–water partition coefficient (Wildman–Crippen LogP) is 3.16. The lowest BCUT2D eigenvalue weighted by atomic mass is 10.2. The molecule has 0 unspecified atom stereocenters. The Morgan fingerprint density at radius 3 is 2.80 bits per heavy atom. The number of hydrogen-bond donors (Lipinski definition) is 1. The van der Waals surface area contributed by atoms with Crippen molar-refractivity contribution in [1.82, 2.24) is 9.88 Å². The van der Waals surface area contributed by atoms with Gasteiger partial charge in [-0.05, 0) is 23.8 Å². The molecule has 2 aromatic rings. The third kappa shape index (κ3) is 3.36. The third-order valence-corrected chi connectivity index (χ3v) is 3.75. The quantitative estimate of drug-likeness (QED) is 0.934. The van der Waals surface area contributed by atoms with E-state index in [0.29, 0.717) is 17.9 Å². The summed E-state index contributed by atoms with van der Waals surface area (Å²) >= 11 is 3.49. The highest BCUT2D eigenvalue weighted by molar-refractivity contribution is 9.10. The van der Waals surface area contributed by atoms with Crippen LogP contribution < -0.4 is 5.32 Å². The molecule has 0 atom stereocenters. The van der Waals surface area contributed by atoms with E-state index in [1.165, 1.54) is 0 Å². The van der Waals surface area contributed by atoms with E-state index >= 15 is 0 Å². The molecule has 4 nitrogen and oxygen atoms in total. The molecular formula is C15H16BrN3O. The maximum absolute atomic E-state index is 12.4. The second-order valence-corrected chi connectivity index (χ2v) is 5.29. The van der Waals surface area contributed by atoms with Crippen molar-refractivity contribution in [3.63, 3.8) is 0 Å². The second-order valence-electron chi connectivity index (χ2n) is 4.43. The van der Waals surface area contributed by atoms with E-state index in [1.807, 2.05) is 24.3 Å². The summed E-state index contributed by atoms with van der Waals surface area (Å²) in [6.45, 7) is 0.553. The van der Waals surface area contributed by atoms with E-state index < -0.39 is 0 Å². The Morgan fingerprint density at radius 1 is 1.35 bits per heavy atom. The summed E-state index contributed by atoms with van der Waals surface area (Å²) < 4.78 is 1.00. The number of pyridine rings is 1. The zero-order valence-electron chi connectivity index (χ0n) is 11.4. The highest BCUT2D eigenvalue weighted by Crippen LogP contribution is 2.18. The van der Waals surface area contributed by atoms with Crippen molar-refractivity contribution >= 4 is 27.7 Å². The molecule has 1 N–H and O–H groups in total. The van der Waals surface area contributed by atoms with Crippen LogP contribution in [0.1, 0.15) is 15.9 Å². The van der Waals surface area contributed by atoms with Crippen molar-refractivity contribution in [1.29, 1.82) is 0 Å². The molecule has 1 aromatic heterocycles. The summed E-state index contributed by atoms with van der Waals surface area (Å²) in [6.07, 6.45) is 1.63. The van der Waals surface area contributed by atoms with E-state index in [4.69, 9.17) is 0 Å². The predicted molar refractivity (Wildman–Crippen MR) is 83.7 cm³/mol. The average Bonchev–Trinajstić information content (AvgIpc) is 2.48. The maximum atomic E-state index is 12.4. The van der Waals surface area contributed by atoms with Gasteiger partial charge < -0.3 is 10.2 Å². The number of rotatable bonds is 4. The lowest BCUT2D eigenvalue weighted by Crippen LogP contribution is -2.26. The highest BCUT2D eigenvalue weighted by Gasteiger charge is 2.13. The van der Waals surface area contributed by atoms with Gasteiger partial charge in [0, 0.05) is 36.9 Å². The van der Waals surface area contributed by atoms with Crippen molar-refractivity contribution in [2.45, 2.75) is 6.54 Å². The Bertz CT molecular complexity index is 616. The van der Waals surface area contributed by atoms with Crippen LogP contribution in [0.5, 0.6) is 0 Å². The van der Waals surface area contributed by atoms with Crippen LogP contribution in [0.3, 0.4) is 0 Å². The van der Waals surface area contributed by atoms with E-state index in [2.05, 4.69) is 26.2 Å². The molecule has 5 heteroatoms. The lowest BCUT2D eigenvalue weighted by Gasteiger charge is -2.18. The van der Waals surface area contributed by atoms with Gasteiger partial charge in [-0.3, -0.25) is 4.79 Å². The van der Waals surface area contributed by atoms with E-state index in [-0.39, 0.29) is 5.91 Å². The standard InChI is InChI=1S/C15H16BrN3O/c1-17-14-9-11(7-8-18-14)15(20)19(2)10-12-5-3-4-6-13(12)16/h3-9H,10H2,1-2H3,(H,17,18). The van der Waals surface area contributed by atoms with Crippen LogP contribution in [0.15, 0.2) is 47.1 Å². The van der Waals surface area contributed by atoms with E-state index in [0.717, 1.165) is 10.0 Å². The van der Waals surface area contributed by atoms with Crippen LogP contribution in [-0.2, 0) is 6.54 Å². The summed E-state index contributed by atoms with van der Waals surface area (Å²) in [5.41, 5.74) is 1.70. The molecule has 0 saturated carbocycles. The fourth-order valence-electron chi connectivity index (χ4n) is 1.87. The number of nitrogens with zero attached hydrogens (tertiary/aromatic N) is 2. The van der Waals surface area contributed by atoms with Crippen molar-refractivity contribution in [3.8, 4) is 0 Å². The van der Waals surface area contributed by atoms with Crippen molar-refractivity contribution < 1.29 is 4.79 Å². The lowest BCUT2D eigenvalue weighted by molar-refractivity contribution is 0.0785. The molecule has 0 aliphatic heterocycles. The Kier molecular flexibility index (Phi) is 4.74. The summed E-state index contributed by atoms with van der Waals surface area (Å²) in [5.74, 6) is 0.657. The Hall–Kier alpha value is -1.88. The summed E-state index contributed by atoms with van der Waals surface area (Å²) in [4.78, 5) is 18.2. The van der Waals surface area contributed by atoms with Gasteiger partial charge >= 0.3 is 0 Å². The molecule has 0 saturated heterocycles. The molecule has 1 heterocycles. The number of anilines is 1. The molecule has 0 fully saturated rings. The normalized spacial score (nSPS) is 10.2. The smallest absolute Gasteiger partial charge is 0.254 e. The zero-order valence-corrected chi connectivity index (χ0v) is 13.0. The van der Waals surface area contributed by atoms with Gasteiger partial charge in [0.1, 0.15) is 5.82 Å². The van der Waals surface area contributed by atoms with Gasteiger partial charge in [0.05, 0.1) is 0 Å². The maximum Gasteiger partial charge on any atom is 0.254 e. The molecule has 20 heavy (non-hydrogen) atoms. The number of aromatic nitrogens is 1. The molecule has 0 spiro atoms. The van der Waals surface area contributed by atoms with Gasteiger partial charge in [0.2, 0.25) is 0 Å². The molecule has 0 aliphatic carbocycles. The molecule has 1 aromatic carbocycles. The first kappa shape index (κ1) is 14.5. The SMILES string of the molecule is CNc1cc(C(=O)N(C)Cc2ccccc2Br)ccn1. The number of halogens is 1. The Labute approximate surface area is 127 Å². The van der Waals surface area contributed by atoms with Crippen molar-refractivity contribution in [2.24, 2.45) is 0 Å². The number of carbonyl (C=O) groups excluding carboxylic acids is 1. The minimum Gasteiger partial charge on any atom is -0.373 e. The minimum atomic E-state index is -0.0281. The van der Waals surface area contributed by atoms with Crippen LogP contribution in [0.2, 0.25) is 0 Å². The topological polar surface area (TPSA) is 45.2 Å². The first-order valence-corrected chi connectivity index (χ1v) is 7.04. The Balaban J connectivity index is 2.14. The van der Waals surface area contributed by atoms with Crippen LogP contribution in [0.25, 0.3) is 0 Å². The Morgan fingerprint density at radius 2 is 2.10 bits per heavy atom. The molecule has 0 bridgehead atoms. The third-order valence-electron chi connectivity index (χ3n) is 2.98. The summed E-state index contributed by atoms with van der Waals surface area (Å²) in [7, 11) is 3.57. The first-order chi connectivity index (χ1) is 9.61. The van der Waals surface area contributed by atoms with E-state index in [1.54, 1.807) is 37.3 Å². The van der Waals surface area contributed by atoms with Gasteiger partial charge in [0.15, 0.2) is 0 Å². The molecule has 104 valence electrons. The molecular weight excluding hydrogens is 318 g/mol. The number of nitrogens with one attached hydrogen (secondary N) is 1. The number of amides is 1. The van der Waals surface area contributed by atoms with Crippen LogP contribution in [0, 0.1) is 0 Å². The number of benzene rings is 1. The fraction of sp³-hybridized carbons (Fsp3) is 0.200. The van der Waals surface area contributed by atoms with Gasteiger partial charge in [0.25, 0.3) is 5.91 Å². The largest absolute Gasteiger partial charge is 0.373 e. The minimum absolute atomic E-state index is 0.0281. The summed E-state index contributed by atoms with van der Waals surface area (Å²) in [5, 5.41) is 2.93. The van der Waals surface area contributed by atoms with Gasteiger partial charge in [-0.2, -0.15) is 0 Å². The zero-order chi connectivity index (χ0) is 14.5. The molecule has 0 aliphatic rings. The van der Waals surface area contributed by atoms with Crippen LogP contribution in [0.4, 0.5) is 5.82 Å². The molecule has 1 amide bonds. The summed E-state index contributed by atoms with van der Waals surface area (Å²) in [6, 6.07) is 11.4. The highest BCUT2D eigenvalue weighted by atomic mass is 79.9. The number of carbonyl (C=O) groups is 1. The van der Waals surface area contributed by atoms with Crippen molar-refractivity contribution in [2.75, 3.05) is 19.4 Å². The number of hydrogen-bond acceptors (Lipinski definition) is 3. The first-order valence-electron chi connectivity index (χ1n) is 6.24. The van der Waals surface area contributed by atoms with Gasteiger partial charge in [-0.15, -0.1) is 0 Å². The fourth-order valence-corrected chi connectivity index (χ4v) is 2.28. The average molecular weight is 334 g/mol. The van der Waals surface area contributed by atoms with Gasteiger partial charge in [-0.25, -0.2) is 4.98 Å². The van der Waals surface area contributed by atoms with Crippen molar-refractivity contribution in [3.05, 3.63) is 58.2 Å². The van der Waals surface area contributed by atoms with Crippen LogP contribution in [-0.4, -0.2) is 29.9 Å². The molecule has 2 rings (SSSR count). The van der Waals surface area contributed by atoms with Crippen LogP contribution >= 0.6 is 15.9 Å². The monoisotopic (exact) mass is 333 g/mol.